The molecule has 0 radical (unpaired) electrons. The van der Waals surface area contributed by atoms with E-state index in [0.29, 0.717) is 0 Å². The number of aromatic nitrogens is 1. The van der Waals surface area contributed by atoms with Crippen molar-refractivity contribution in [3.05, 3.63) is 52.7 Å². The quantitative estimate of drug-likeness (QED) is 0.914. The molecule has 0 spiro atoms. The molecule has 0 aliphatic rings. The highest BCUT2D eigenvalue weighted by Crippen LogP contribution is 2.29. The second kappa shape index (κ2) is 5.10. The van der Waals surface area contributed by atoms with Gasteiger partial charge in [0.2, 0.25) is 5.88 Å². The summed E-state index contributed by atoms with van der Waals surface area (Å²) in [7, 11) is 0. The summed E-state index contributed by atoms with van der Waals surface area (Å²) in [5, 5.41) is 8.95. The Morgan fingerprint density at radius 1 is 1.16 bits per heavy atom. The lowest BCUT2D eigenvalue weighted by Gasteiger charge is -2.13. The second-order valence-corrected chi connectivity index (χ2v) is 4.44. The molecule has 2 rings (SSSR count). The van der Waals surface area contributed by atoms with Gasteiger partial charge in [0.05, 0.1) is 5.56 Å². The third kappa shape index (κ3) is 2.73. The molecular weight excluding hydrogens is 242 g/mol. The molecule has 1 N–H and O–H groups in total. The highest BCUT2D eigenvalue weighted by molar-refractivity contribution is 5.87. The van der Waals surface area contributed by atoms with E-state index in [0.717, 1.165) is 22.4 Å². The van der Waals surface area contributed by atoms with Crippen molar-refractivity contribution in [3.63, 3.8) is 0 Å². The largest absolute Gasteiger partial charge is 0.478 e. The summed E-state index contributed by atoms with van der Waals surface area (Å²) in [6.45, 7) is 5.92. The molecule has 19 heavy (non-hydrogen) atoms. The summed E-state index contributed by atoms with van der Waals surface area (Å²) in [5.74, 6) is 0.0247. The van der Waals surface area contributed by atoms with Gasteiger partial charge in [-0.25, -0.2) is 9.78 Å². The molecule has 98 valence electrons. The molecule has 0 saturated heterocycles. The Bertz CT molecular complexity index is 635. The van der Waals surface area contributed by atoms with Gasteiger partial charge in [-0.2, -0.15) is 0 Å². The predicted octanol–water partition coefficient (Wildman–Crippen LogP) is 3.50. The average molecular weight is 257 g/mol. The van der Waals surface area contributed by atoms with Gasteiger partial charge in [-0.3, -0.25) is 0 Å². The molecular formula is C15H15NO3. The molecule has 0 atom stereocenters. The molecule has 2 aromatic rings. The maximum absolute atomic E-state index is 10.9. The average Bonchev–Trinajstić information content (AvgIpc) is 2.39. The number of carboxylic acids is 1. The molecule has 1 heterocycles. The predicted molar refractivity (Wildman–Crippen MR) is 71.9 cm³/mol. The first-order valence-electron chi connectivity index (χ1n) is 5.93. The number of hydrogen-bond acceptors (Lipinski definition) is 3. The van der Waals surface area contributed by atoms with Gasteiger partial charge in [0.25, 0.3) is 0 Å². The number of aryl methyl sites for hydroxylation is 2. The number of carbonyl (C=O) groups is 1. The SMILES string of the molecule is Cc1ccc(C)c(Oc2cc(C(=O)O)ccn2)c1C. The van der Waals surface area contributed by atoms with Gasteiger partial charge in [0.1, 0.15) is 5.75 Å². The third-order valence-electron chi connectivity index (χ3n) is 3.06. The molecule has 4 nitrogen and oxygen atoms in total. The number of aromatic carboxylic acids is 1. The van der Waals surface area contributed by atoms with Crippen LogP contribution >= 0.6 is 0 Å². The van der Waals surface area contributed by atoms with Crippen molar-refractivity contribution >= 4 is 5.97 Å². The molecule has 0 unspecified atom stereocenters. The Morgan fingerprint density at radius 2 is 1.84 bits per heavy atom. The van der Waals surface area contributed by atoms with E-state index in [1.54, 1.807) is 0 Å². The van der Waals surface area contributed by atoms with Gasteiger partial charge in [-0.15, -0.1) is 0 Å². The van der Waals surface area contributed by atoms with E-state index in [9.17, 15) is 4.79 Å². The molecule has 0 bridgehead atoms. The Balaban J connectivity index is 2.39. The van der Waals surface area contributed by atoms with Gasteiger partial charge in [0, 0.05) is 12.3 Å². The van der Waals surface area contributed by atoms with Gasteiger partial charge in [0.15, 0.2) is 0 Å². The summed E-state index contributed by atoms with van der Waals surface area (Å²) in [6, 6.07) is 6.85. The highest BCUT2D eigenvalue weighted by Gasteiger charge is 2.10. The summed E-state index contributed by atoms with van der Waals surface area (Å²) >= 11 is 0. The minimum atomic E-state index is -0.995. The molecule has 0 amide bonds. The fraction of sp³-hybridized carbons (Fsp3) is 0.200. The Hall–Kier alpha value is -2.36. The summed E-state index contributed by atoms with van der Waals surface area (Å²) in [4.78, 5) is 15.0. The second-order valence-electron chi connectivity index (χ2n) is 4.44. The van der Waals surface area contributed by atoms with E-state index in [4.69, 9.17) is 9.84 Å². The zero-order valence-electron chi connectivity index (χ0n) is 11.1. The lowest BCUT2D eigenvalue weighted by molar-refractivity contribution is 0.0696. The van der Waals surface area contributed by atoms with Crippen molar-refractivity contribution in [2.45, 2.75) is 20.8 Å². The normalized spacial score (nSPS) is 10.3. The monoisotopic (exact) mass is 257 g/mol. The summed E-state index contributed by atoms with van der Waals surface area (Å²) in [6.07, 6.45) is 1.43. The van der Waals surface area contributed by atoms with Crippen molar-refractivity contribution in [1.29, 1.82) is 0 Å². The van der Waals surface area contributed by atoms with E-state index >= 15 is 0 Å². The first-order chi connectivity index (χ1) is 8.99. The van der Waals surface area contributed by atoms with Crippen LogP contribution in [0, 0.1) is 20.8 Å². The van der Waals surface area contributed by atoms with Crippen LogP contribution in [0.1, 0.15) is 27.0 Å². The third-order valence-corrected chi connectivity index (χ3v) is 3.06. The number of hydrogen-bond donors (Lipinski definition) is 1. The zero-order chi connectivity index (χ0) is 14.0. The molecule has 1 aromatic carbocycles. The van der Waals surface area contributed by atoms with Crippen molar-refractivity contribution in [2.24, 2.45) is 0 Å². The molecule has 0 aliphatic heterocycles. The van der Waals surface area contributed by atoms with Crippen LogP contribution in [0.4, 0.5) is 0 Å². The van der Waals surface area contributed by atoms with E-state index in [-0.39, 0.29) is 11.4 Å². The van der Waals surface area contributed by atoms with Crippen LogP contribution in [0.3, 0.4) is 0 Å². The Kier molecular flexibility index (Phi) is 3.51. The summed E-state index contributed by atoms with van der Waals surface area (Å²) < 4.78 is 5.74. The van der Waals surface area contributed by atoms with Gasteiger partial charge in [-0.05, 0) is 43.5 Å². The maximum Gasteiger partial charge on any atom is 0.335 e. The van der Waals surface area contributed by atoms with E-state index < -0.39 is 5.97 Å². The first kappa shape index (κ1) is 13.1. The molecule has 1 aromatic heterocycles. The van der Waals surface area contributed by atoms with Crippen LogP contribution in [0.15, 0.2) is 30.5 Å². The van der Waals surface area contributed by atoms with Crippen LogP contribution in [0.2, 0.25) is 0 Å². The minimum Gasteiger partial charge on any atom is -0.478 e. The lowest BCUT2D eigenvalue weighted by Crippen LogP contribution is -1.99. The number of ether oxygens (including phenoxy) is 1. The van der Waals surface area contributed by atoms with Crippen LogP contribution in [-0.4, -0.2) is 16.1 Å². The zero-order valence-corrected chi connectivity index (χ0v) is 11.1. The van der Waals surface area contributed by atoms with Gasteiger partial charge < -0.3 is 9.84 Å². The van der Waals surface area contributed by atoms with Crippen molar-refractivity contribution in [3.8, 4) is 11.6 Å². The highest BCUT2D eigenvalue weighted by atomic mass is 16.5. The first-order valence-corrected chi connectivity index (χ1v) is 5.93. The van der Waals surface area contributed by atoms with Gasteiger partial charge >= 0.3 is 5.97 Å². The lowest BCUT2D eigenvalue weighted by atomic mass is 10.1. The smallest absolute Gasteiger partial charge is 0.335 e. The molecule has 0 saturated carbocycles. The number of rotatable bonds is 3. The van der Waals surface area contributed by atoms with Gasteiger partial charge in [-0.1, -0.05) is 12.1 Å². The summed E-state index contributed by atoms with van der Waals surface area (Å²) in [5.41, 5.74) is 3.30. The van der Waals surface area contributed by atoms with Crippen LogP contribution in [0.25, 0.3) is 0 Å². The molecule has 0 aliphatic carbocycles. The van der Waals surface area contributed by atoms with E-state index in [1.165, 1.54) is 18.3 Å². The molecule has 0 fully saturated rings. The van der Waals surface area contributed by atoms with Crippen LogP contribution in [-0.2, 0) is 0 Å². The Labute approximate surface area is 111 Å². The topological polar surface area (TPSA) is 59.4 Å². The number of pyridine rings is 1. The standard InChI is InChI=1S/C15H15NO3/c1-9-4-5-10(2)14(11(9)3)19-13-8-12(15(17)18)6-7-16-13/h4-8H,1-3H3,(H,17,18). The Morgan fingerprint density at radius 3 is 2.53 bits per heavy atom. The molecule has 4 heteroatoms. The van der Waals surface area contributed by atoms with Crippen LogP contribution in [0.5, 0.6) is 11.6 Å². The fourth-order valence-corrected chi connectivity index (χ4v) is 1.79. The van der Waals surface area contributed by atoms with Crippen molar-refractivity contribution < 1.29 is 14.6 Å². The number of carboxylic acid groups (broad SMARTS) is 1. The van der Waals surface area contributed by atoms with E-state index in [1.807, 2.05) is 32.9 Å². The van der Waals surface area contributed by atoms with Crippen LogP contribution < -0.4 is 4.74 Å². The van der Waals surface area contributed by atoms with Crippen molar-refractivity contribution in [1.82, 2.24) is 4.98 Å². The minimum absolute atomic E-state index is 0.160. The number of nitrogens with zero attached hydrogens (tertiary/aromatic N) is 1. The van der Waals surface area contributed by atoms with E-state index in [2.05, 4.69) is 4.98 Å². The van der Waals surface area contributed by atoms with Crippen molar-refractivity contribution in [2.75, 3.05) is 0 Å². The fourth-order valence-electron chi connectivity index (χ4n) is 1.79. The number of benzene rings is 1. The maximum atomic E-state index is 10.9.